The lowest BCUT2D eigenvalue weighted by Gasteiger charge is -2.10. The van der Waals surface area contributed by atoms with Crippen LogP contribution in [0.3, 0.4) is 0 Å². The molecule has 0 aliphatic heterocycles. The largest absolute Gasteiger partial charge is 0.573 e. The number of rotatable bonds is 8. The highest BCUT2D eigenvalue weighted by molar-refractivity contribution is 5.60. The molecule has 4 aromatic rings. The van der Waals surface area contributed by atoms with Crippen molar-refractivity contribution >= 4 is 0 Å². The maximum absolute atomic E-state index is 12.4. The number of hydrogen-bond acceptors (Lipinski definition) is 6. The van der Waals surface area contributed by atoms with E-state index in [0.29, 0.717) is 22.4 Å². The van der Waals surface area contributed by atoms with E-state index in [9.17, 15) is 26.3 Å². The van der Waals surface area contributed by atoms with Crippen molar-refractivity contribution in [2.75, 3.05) is 6.61 Å². The van der Waals surface area contributed by atoms with Gasteiger partial charge in [-0.3, -0.25) is 0 Å². The van der Waals surface area contributed by atoms with Crippen molar-refractivity contribution in [3.05, 3.63) is 78.4 Å². The zero-order valence-corrected chi connectivity index (χ0v) is 18.1. The van der Waals surface area contributed by atoms with Gasteiger partial charge < -0.3 is 18.7 Å². The summed E-state index contributed by atoms with van der Waals surface area (Å²) in [6, 6.07) is 18.0. The Kier molecular flexibility index (Phi) is 7.15. The molecule has 0 fully saturated rings. The van der Waals surface area contributed by atoms with Crippen LogP contribution in [-0.2, 0) is 11.3 Å². The van der Waals surface area contributed by atoms with Crippen LogP contribution in [0.2, 0.25) is 0 Å². The molecule has 1 heterocycles. The van der Waals surface area contributed by atoms with Crippen LogP contribution >= 0.6 is 0 Å². The molecule has 0 spiro atoms. The van der Waals surface area contributed by atoms with Gasteiger partial charge in [-0.15, -0.1) is 13.2 Å². The molecule has 0 amide bonds. The molecule has 0 radical (unpaired) electrons. The van der Waals surface area contributed by atoms with E-state index < -0.39 is 24.9 Å². The molecule has 36 heavy (non-hydrogen) atoms. The van der Waals surface area contributed by atoms with E-state index in [1.54, 1.807) is 48.5 Å². The number of aromatic nitrogens is 2. The van der Waals surface area contributed by atoms with Gasteiger partial charge in [-0.05, 0) is 42.0 Å². The number of halogens is 6. The Morgan fingerprint density at radius 3 is 2.08 bits per heavy atom. The van der Waals surface area contributed by atoms with Crippen LogP contribution in [0.4, 0.5) is 26.3 Å². The molecule has 0 aliphatic rings. The van der Waals surface area contributed by atoms with Crippen molar-refractivity contribution in [2.24, 2.45) is 0 Å². The van der Waals surface area contributed by atoms with Crippen LogP contribution in [0.1, 0.15) is 5.56 Å². The minimum Gasteiger partial charge on any atom is -0.457 e. The van der Waals surface area contributed by atoms with Crippen molar-refractivity contribution in [2.45, 2.75) is 19.1 Å². The molecule has 4 rings (SSSR count). The zero-order valence-electron chi connectivity index (χ0n) is 18.1. The van der Waals surface area contributed by atoms with E-state index in [4.69, 9.17) is 9.26 Å². The summed E-state index contributed by atoms with van der Waals surface area (Å²) in [6.45, 7) is -1.52. The van der Waals surface area contributed by atoms with E-state index in [1.807, 2.05) is 0 Å². The molecule has 0 bridgehead atoms. The van der Waals surface area contributed by atoms with Crippen molar-refractivity contribution in [1.82, 2.24) is 10.1 Å². The Hall–Kier alpha value is -4.06. The van der Waals surface area contributed by atoms with Gasteiger partial charge in [0.2, 0.25) is 5.82 Å². The highest BCUT2D eigenvalue weighted by Crippen LogP contribution is 2.30. The third-order valence-corrected chi connectivity index (χ3v) is 4.55. The number of ether oxygens (including phenoxy) is 3. The highest BCUT2D eigenvalue weighted by Gasteiger charge is 2.31. The van der Waals surface area contributed by atoms with E-state index >= 15 is 0 Å². The molecule has 0 N–H and O–H groups in total. The summed E-state index contributed by atoms with van der Waals surface area (Å²) in [5, 5.41) is 3.91. The number of benzene rings is 3. The first-order valence-corrected chi connectivity index (χ1v) is 10.3. The van der Waals surface area contributed by atoms with E-state index in [1.165, 1.54) is 12.1 Å². The van der Waals surface area contributed by atoms with Crippen molar-refractivity contribution < 1.29 is 45.1 Å². The number of alkyl halides is 6. The predicted molar refractivity (Wildman–Crippen MR) is 114 cm³/mol. The minimum absolute atomic E-state index is 0.150. The second kappa shape index (κ2) is 10.3. The second-order valence-corrected chi connectivity index (χ2v) is 7.38. The predicted octanol–water partition coefficient (Wildman–Crippen LogP) is 7.17. The monoisotopic (exact) mass is 510 g/mol. The van der Waals surface area contributed by atoms with E-state index in [-0.39, 0.29) is 24.1 Å². The Labute approximate surface area is 200 Å². The molecule has 0 unspecified atom stereocenters. The van der Waals surface area contributed by atoms with Crippen LogP contribution in [0.25, 0.3) is 22.8 Å². The van der Waals surface area contributed by atoms with Crippen LogP contribution in [0.5, 0.6) is 17.2 Å². The lowest BCUT2D eigenvalue weighted by atomic mass is 10.1. The average molecular weight is 510 g/mol. The van der Waals surface area contributed by atoms with E-state index in [0.717, 1.165) is 12.1 Å². The first kappa shape index (κ1) is 25.0. The highest BCUT2D eigenvalue weighted by atomic mass is 19.4. The summed E-state index contributed by atoms with van der Waals surface area (Å²) < 4.78 is 93.1. The lowest BCUT2D eigenvalue weighted by molar-refractivity contribution is -0.274. The minimum atomic E-state index is -4.81. The van der Waals surface area contributed by atoms with Crippen molar-refractivity contribution in [3.8, 4) is 40.1 Å². The molecule has 0 saturated carbocycles. The quantitative estimate of drug-likeness (QED) is 0.234. The van der Waals surface area contributed by atoms with Gasteiger partial charge >= 0.3 is 12.5 Å². The normalized spacial score (nSPS) is 11.9. The van der Waals surface area contributed by atoms with Crippen molar-refractivity contribution in [3.63, 3.8) is 0 Å². The maximum Gasteiger partial charge on any atom is 0.573 e. The Balaban J connectivity index is 1.38. The Bertz CT molecular complexity index is 1290. The summed E-state index contributed by atoms with van der Waals surface area (Å²) in [4.78, 5) is 4.31. The number of nitrogens with zero attached hydrogens (tertiary/aromatic N) is 2. The fraction of sp³-hybridized carbons (Fsp3) is 0.167. The molecule has 0 aliphatic carbocycles. The first-order chi connectivity index (χ1) is 17.0. The van der Waals surface area contributed by atoms with Gasteiger partial charge in [0.15, 0.2) is 0 Å². The third-order valence-electron chi connectivity index (χ3n) is 4.55. The molecule has 188 valence electrons. The molecule has 1 aromatic heterocycles. The Morgan fingerprint density at radius 2 is 1.42 bits per heavy atom. The van der Waals surface area contributed by atoms with Gasteiger partial charge in [-0.2, -0.15) is 18.2 Å². The van der Waals surface area contributed by atoms with Gasteiger partial charge in [0.1, 0.15) is 23.9 Å². The van der Waals surface area contributed by atoms with Gasteiger partial charge in [-0.25, -0.2) is 0 Å². The van der Waals surface area contributed by atoms with Gasteiger partial charge in [0, 0.05) is 17.2 Å². The first-order valence-electron chi connectivity index (χ1n) is 10.3. The van der Waals surface area contributed by atoms with Gasteiger partial charge in [0.05, 0.1) is 6.61 Å². The van der Waals surface area contributed by atoms with Crippen LogP contribution in [0.15, 0.2) is 77.3 Å². The summed E-state index contributed by atoms with van der Waals surface area (Å²) >= 11 is 0. The molecule has 12 heteroatoms. The van der Waals surface area contributed by atoms with Gasteiger partial charge in [-0.1, -0.05) is 35.5 Å². The summed E-state index contributed by atoms with van der Waals surface area (Å²) in [5.74, 6) is 0.573. The topological polar surface area (TPSA) is 66.6 Å². The standard InChI is InChI=1S/C24H16F6N2O4/c25-23(26,27)14-33-13-15-4-6-16(7-5-15)21-31-22(36-32-21)17-8-10-18(11-9-17)34-19-2-1-3-20(12-19)35-24(28,29)30/h1-12H,13-14H2. The van der Waals surface area contributed by atoms with Gasteiger partial charge in [0.25, 0.3) is 5.89 Å². The fourth-order valence-corrected chi connectivity index (χ4v) is 3.03. The van der Waals surface area contributed by atoms with E-state index in [2.05, 4.69) is 19.6 Å². The molecule has 0 atom stereocenters. The molecule has 0 saturated heterocycles. The van der Waals surface area contributed by atoms with Crippen LogP contribution in [0, 0.1) is 0 Å². The third kappa shape index (κ3) is 7.22. The smallest absolute Gasteiger partial charge is 0.457 e. The Morgan fingerprint density at radius 1 is 0.750 bits per heavy atom. The average Bonchev–Trinajstić information content (AvgIpc) is 3.29. The van der Waals surface area contributed by atoms with Crippen molar-refractivity contribution in [1.29, 1.82) is 0 Å². The summed E-state index contributed by atoms with van der Waals surface area (Å²) in [5.41, 5.74) is 1.70. The maximum atomic E-state index is 12.4. The molecular formula is C24H16F6N2O4. The lowest BCUT2D eigenvalue weighted by Crippen LogP contribution is -2.16. The number of hydrogen-bond donors (Lipinski definition) is 0. The summed E-state index contributed by atoms with van der Waals surface area (Å²) in [7, 11) is 0. The molecular weight excluding hydrogens is 494 g/mol. The molecule has 6 nitrogen and oxygen atoms in total. The van der Waals surface area contributed by atoms with Crippen LogP contribution < -0.4 is 9.47 Å². The molecule has 3 aromatic carbocycles. The SMILES string of the molecule is FC(F)(F)COCc1ccc(-c2noc(-c3ccc(Oc4cccc(OC(F)(F)F)c4)cc3)n2)cc1. The second-order valence-electron chi connectivity index (χ2n) is 7.38. The fourth-order valence-electron chi connectivity index (χ4n) is 3.03. The van der Waals surface area contributed by atoms with Crippen LogP contribution in [-0.4, -0.2) is 29.3 Å². The summed E-state index contributed by atoms with van der Waals surface area (Å²) in [6.07, 6.45) is -9.20. The zero-order chi connectivity index (χ0) is 25.8.